The van der Waals surface area contributed by atoms with E-state index in [1.54, 1.807) is 17.9 Å². The largest absolute Gasteiger partial charge is 0.466 e. The van der Waals surface area contributed by atoms with Crippen molar-refractivity contribution in [1.82, 2.24) is 15.1 Å². The number of carbonyl (C=O) groups excluding carboxylic acids is 3. The number of benzene rings is 2. The van der Waals surface area contributed by atoms with Crippen molar-refractivity contribution in [3.63, 3.8) is 0 Å². The van der Waals surface area contributed by atoms with Gasteiger partial charge in [-0.1, -0.05) is 31.2 Å². The second kappa shape index (κ2) is 14.7. The number of para-hydroxylation sites is 1. The van der Waals surface area contributed by atoms with Gasteiger partial charge in [-0.25, -0.2) is 4.39 Å². The number of hydrogen-bond acceptors (Lipinski definition) is 6. The highest BCUT2D eigenvalue weighted by Gasteiger charge is 2.41. The summed E-state index contributed by atoms with van der Waals surface area (Å²) in [6.07, 6.45) is 2.29. The number of piperidine rings is 1. The summed E-state index contributed by atoms with van der Waals surface area (Å²) < 4.78 is 20.4. The van der Waals surface area contributed by atoms with Crippen molar-refractivity contribution in [2.24, 2.45) is 11.3 Å². The Kier molecular flexibility index (Phi) is 11.0. The monoisotopic (exact) mass is 607 g/mol. The molecule has 0 radical (unpaired) electrons. The SMILES string of the molecule is CCOC(=O)CC1CCN(C(=O)C(C)(C)C(CC)NC(=O)c2ccc(C(=N)N3CCN(c4ccccc4)CC3)cc2F)CC1. The van der Waals surface area contributed by atoms with Crippen LogP contribution in [0.1, 0.15) is 69.3 Å². The summed E-state index contributed by atoms with van der Waals surface area (Å²) in [5, 5.41) is 11.6. The van der Waals surface area contributed by atoms with Crippen molar-refractivity contribution in [3.05, 3.63) is 65.5 Å². The number of carbonyl (C=O) groups is 3. The van der Waals surface area contributed by atoms with Crippen LogP contribution in [0, 0.1) is 22.6 Å². The topological polar surface area (TPSA) is 106 Å². The second-order valence-electron chi connectivity index (χ2n) is 12.3. The molecule has 2 fully saturated rings. The Morgan fingerprint density at radius 1 is 0.977 bits per heavy atom. The summed E-state index contributed by atoms with van der Waals surface area (Å²) in [6, 6.07) is 13.9. The van der Waals surface area contributed by atoms with Gasteiger partial charge in [-0.15, -0.1) is 0 Å². The molecule has 2 heterocycles. The molecule has 2 aromatic rings. The van der Waals surface area contributed by atoms with Crippen LogP contribution in [-0.4, -0.2) is 85.3 Å². The fourth-order valence-electron chi connectivity index (χ4n) is 6.24. The molecule has 2 aromatic carbocycles. The molecule has 4 rings (SSSR count). The third-order valence-electron chi connectivity index (χ3n) is 9.00. The quantitative estimate of drug-likeness (QED) is 0.231. The molecule has 10 heteroatoms. The highest BCUT2D eigenvalue weighted by atomic mass is 19.1. The molecule has 0 aromatic heterocycles. The fraction of sp³-hybridized carbons (Fsp3) is 0.529. The van der Waals surface area contributed by atoms with Crippen LogP contribution in [0.3, 0.4) is 0 Å². The molecule has 9 nitrogen and oxygen atoms in total. The van der Waals surface area contributed by atoms with Crippen LogP contribution in [0.25, 0.3) is 0 Å². The van der Waals surface area contributed by atoms with Crippen molar-refractivity contribution in [2.45, 2.75) is 59.4 Å². The van der Waals surface area contributed by atoms with Crippen molar-refractivity contribution < 1.29 is 23.5 Å². The van der Waals surface area contributed by atoms with E-state index in [-0.39, 0.29) is 29.2 Å². The average molecular weight is 608 g/mol. The number of nitrogens with one attached hydrogen (secondary N) is 2. The Balaban J connectivity index is 1.33. The minimum atomic E-state index is -0.918. The molecule has 2 N–H and O–H groups in total. The van der Waals surface area contributed by atoms with Crippen LogP contribution < -0.4 is 10.2 Å². The average Bonchev–Trinajstić information content (AvgIpc) is 3.03. The summed E-state index contributed by atoms with van der Waals surface area (Å²) in [7, 11) is 0. The number of likely N-dealkylation sites (tertiary alicyclic amines) is 1. The minimum absolute atomic E-state index is 0.0733. The van der Waals surface area contributed by atoms with Gasteiger partial charge in [0.15, 0.2) is 0 Å². The van der Waals surface area contributed by atoms with E-state index in [0.717, 1.165) is 31.6 Å². The fourth-order valence-corrected chi connectivity index (χ4v) is 6.24. The first-order chi connectivity index (χ1) is 21.0. The van der Waals surface area contributed by atoms with Gasteiger partial charge >= 0.3 is 5.97 Å². The molecular weight excluding hydrogens is 561 g/mol. The number of nitrogens with zero attached hydrogens (tertiary/aromatic N) is 3. The lowest BCUT2D eigenvalue weighted by Crippen LogP contribution is -2.54. The molecule has 1 atom stereocenters. The summed E-state index contributed by atoms with van der Waals surface area (Å²) in [4.78, 5) is 44.7. The van der Waals surface area contributed by atoms with E-state index < -0.39 is 23.2 Å². The van der Waals surface area contributed by atoms with Crippen LogP contribution in [0.2, 0.25) is 0 Å². The zero-order chi connectivity index (χ0) is 31.9. The Labute approximate surface area is 260 Å². The Morgan fingerprint density at radius 2 is 1.64 bits per heavy atom. The molecule has 238 valence electrons. The van der Waals surface area contributed by atoms with Gasteiger partial charge in [0.25, 0.3) is 5.91 Å². The molecule has 0 bridgehead atoms. The van der Waals surface area contributed by atoms with Crippen molar-refractivity contribution in [3.8, 4) is 0 Å². The van der Waals surface area contributed by atoms with E-state index >= 15 is 4.39 Å². The van der Waals surface area contributed by atoms with Gasteiger partial charge in [0.05, 0.1) is 17.6 Å². The first-order valence-electron chi connectivity index (χ1n) is 15.7. The van der Waals surface area contributed by atoms with E-state index in [2.05, 4.69) is 22.3 Å². The molecule has 44 heavy (non-hydrogen) atoms. The van der Waals surface area contributed by atoms with Crippen molar-refractivity contribution in [1.29, 1.82) is 5.41 Å². The number of anilines is 1. The highest BCUT2D eigenvalue weighted by Crippen LogP contribution is 2.30. The van der Waals surface area contributed by atoms with E-state index in [9.17, 15) is 14.4 Å². The van der Waals surface area contributed by atoms with E-state index in [1.807, 2.05) is 43.9 Å². The smallest absolute Gasteiger partial charge is 0.306 e. The minimum Gasteiger partial charge on any atom is -0.466 e. The zero-order valence-electron chi connectivity index (χ0n) is 26.4. The molecule has 2 amide bonds. The summed E-state index contributed by atoms with van der Waals surface area (Å²) in [5.74, 6) is -1.14. The number of piperazine rings is 1. The van der Waals surface area contributed by atoms with Gasteiger partial charge in [0, 0.05) is 63.0 Å². The van der Waals surface area contributed by atoms with Crippen LogP contribution in [0.5, 0.6) is 0 Å². The lowest BCUT2D eigenvalue weighted by molar-refractivity contribution is -0.145. The van der Waals surface area contributed by atoms with Gasteiger partial charge in [-0.2, -0.15) is 0 Å². The number of amides is 2. The number of ether oxygens (including phenoxy) is 1. The van der Waals surface area contributed by atoms with Gasteiger partial charge in [-0.3, -0.25) is 19.8 Å². The Hall–Kier alpha value is -3.95. The van der Waals surface area contributed by atoms with Crippen LogP contribution in [0.15, 0.2) is 48.5 Å². The maximum Gasteiger partial charge on any atom is 0.306 e. The van der Waals surface area contributed by atoms with Crippen LogP contribution >= 0.6 is 0 Å². The molecular formula is C34H46FN5O4. The van der Waals surface area contributed by atoms with Crippen molar-refractivity contribution >= 4 is 29.3 Å². The van der Waals surface area contributed by atoms with Crippen molar-refractivity contribution in [2.75, 3.05) is 50.8 Å². The van der Waals surface area contributed by atoms with E-state index in [0.29, 0.717) is 51.2 Å². The van der Waals surface area contributed by atoms with E-state index in [4.69, 9.17) is 10.1 Å². The second-order valence-corrected chi connectivity index (χ2v) is 12.3. The van der Waals surface area contributed by atoms with Gasteiger partial charge in [-0.05, 0) is 70.2 Å². The zero-order valence-corrected chi connectivity index (χ0v) is 26.4. The summed E-state index contributed by atoms with van der Waals surface area (Å²) >= 11 is 0. The Bertz CT molecular complexity index is 1320. The van der Waals surface area contributed by atoms with E-state index in [1.165, 1.54) is 12.1 Å². The lowest BCUT2D eigenvalue weighted by Gasteiger charge is -2.40. The normalized spacial score (nSPS) is 16.8. The predicted octanol–water partition coefficient (Wildman–Crippen LogP) is 4.70. The van der Waals surface area contributed by atoms with Gasteiger partial charge in [0.1, 0.15) is 11.7 Å². The van der Waals surface area contributed by atoms with Gasteiger partial charge in [0.2, 0.25) is 5.91 Å². The molecule has 0 spiro atoms. The molecule has 0 saturated carbocycles. The number of rotatable bonds is 10. The number of halogens is 1. The third-order valence-corrected chi connectivity index (χ3v) is 9.00. The summed E-state index contributed by atoms with van der Waals surface area (Å²) in [5.41, 5.74) is 0.530. The predicted molar refractivity (Wildman–Crippen MR) is 169 cm³/mol. The molecule has 0 aliphatic carbocycles. The summed E-state index contributed by atoms with van der Waals surface area (Å²) in [6.45, 7) is 11.5. The number of hydrogen-bond donors (Lipinski definition) is 2. The van der Waals surface area contributed by atoms with Crippen LogP contribution in [0.4, 0.5) is 10.1 Å². The lowest BCUT2D eigenvalue weighted by atomic mass is 9.80. The molecule has 2 aliphatic heterocycles. The number of amidine groups is 1. The Morgan fingerprint density at radius 3 is 2.23 bits per heavy atom. The molecule has 1 unspecified atom stereocenters. The van der Waals surface area contributed by atoms with Gasteiger partial charge < -0.3 is 24.8 Å². The standard InChI is InChI=1S/C34H46FN5O4/c1-5-29(34(3,4)33(43)40-16-14-24(15-17-40)22-30(41)44-6-2)37-32(42)27-13-12-25(23-28(27)35)31(36)39-20-18-38(19-21-39)26-10-8-7-9-11-26/h7-13,23-24,29,36H,5-6,14-22H2,1-4H3,(H,37,42). The first kappa shape index (κ1) is 33.0. The highest BCUT2D eigenvalue weighted by molar-refractivity contribution is 5.99. The molecule has 2 saturated heterocycles. The third kappa shape index (κ3) is 7.76. The maximum absolute atomic E-state index is 15.3. The molecule has 2 aliphatic rings. The first-order valence-corrected chi connectivity index (χ1v) is 15.7. The van der Waals surface area contributed by atoms with Crippen LogP contribution in [-0.2, 0) is 14.3 Å². The number of esters is 1. The maximum atomic E-state index is 15.3.